The lowest BCUT2D eigenvalue weighted by Gasteiger charge is -1.96. The minimum Gasteiger partial charge on any atom is -0.448 e. The maximum Gasteiger partial charge on any atom is 0.178 e. The van der Waals surface area contributed by atoms with E-state index >= 15 is 0 Å². The molecule has 0 unspecified atom stereocenters. The van der Waals surface area contributed by atoms with Gasteiger partial charge in [-0.25, -0.2) is 4.39 Å². The SMILES string of the molecule is Cc1cc(N=Cc2cc(Br)c(I)o2)ccc1F. The Kier molecular flexibility index (Phi) is 3.98. The largest absolute Gasteiger partial charge is 0.448 e. The first-order valence-corrected chi connectivity index (χ1v) is 6.68. The Balaban J connectivity index is 2.22. The van der Waals surface area contributed by atoms with Crippen LogP contribution in [0.3, 0.4) is 0 Å². The van der Waals surface area contributed by atoms with Gasteiger partial charge in [0.25, 0.3) is 0 Å². The maximum atomic E-state index is 13.0. The second-order valence-electron chi connectivity index (χ2n) is 3.46. The zero-order chi connectivity index (χ0) is 12.4. The van der Waals surface area contributed by atoms with Crippen molar-refractivity contribution in [3.8, 4) is 0 Å². The van der Waals surface area contributed by atoms with E-state index in [9.17, 15) is 4.39 Å². The topological polar surface area (TPSA) is 25.5 Å². The number of aryl methyl sites for hydroxylation is 1. The van der Waals surface area contributed by atoms with Gasteiger partial charge in [0, 0.05) is 28.7 Å². The Morgan fingerprint density at radius 3 is 2.76 bits per heavy atom. The zero-order valence-electron chi connectivity index (χ0n) is 8.88. The van der Waals surface area contributed by atoms with Crippen molar-refractivity contribution in [1.82, 2.24) is 0 Å². The van der Waals surface area contributed by atoms with Crippen LogP contribution in [0.4, 0.5) is 10.1 Å². The van der Waals surface area contributed by atoms with Gasteiger partial charge in [-0.05, 0) is 46.6 Å². The van der Waals surface area contributed by atoms with Gasteiger partial charge in [0.15, 0.2) is 3.77 Å². The monoisotopic (exact) mass is 407 g/mol. The van der Waals surface area contributed by atoms with Crippen LogP contribution in [-0.2, 0) is 0 Å². The molecule has 0 saturated carbocycles. The molecule has 2 rings (SSSR count). The van der Waals surface area contributed by atoms with Gasteiger partial charge >= 0.3 is 0 Å². The van der Waals surface area contributed by atoms with E-state index in [2.05, 4.69) is 43.5 Å². The summed E-state index contributed by atoms with van der Waals surface area (Å²) in [6, 6.07) is 6.56. The Bertz CT molecular complexity index is 560. The van der Waals surface area contributed by atoms with Crippen molar-refractivity contribution in [3.05, 3.63) is 49.6 Å². The molecule has 0 bridgehead atoms. The minimum atomic E-state index is -0.223. The standard InChI is InChI=1S/C12H8BrFINO/c1-7-4-8(2-3-11(7)14)16-6-9-5-10(13)12(15)17-9/h2-6H,1H3. The zero-order valence-corrected chi connectivity index (χ0v) is 12.6. The van der Waals surface area contributed by atoms with Crippen LogP contribution < -0.4 is 0 Å². The molecular formula is C12H8BrFINO. The third-order valence-electron chi connectivity index (χ3n) is 2.15. The van der Waals surface area contributed by atoms with E-state index in [1.807, 2.05) is 6.07 Å². The first-order valence-electron chi connectivity index (χ1n) is 4.81. The molecule has 0 spiro atoms. The van der Waals surface area contributed by atoms with E-state index in [4.69, 9.17) is 4.42 Å². The van der Waals surface area contributed by atoms with Gasteiger partial charge in [0.05, 0.1) is 16.4 Å². The number of halogens is 3. The molecular weight excluding hydrogens is 400 g/mol. The van der Waals surface area contributed by atoms with E-state index in [0.717, 1.165) is 8.24 Å². The molecule has 5 heteroatoms. The van der Waals surface area contributed by atoms with Crippen LogP contribution in [0, 0.1) is 16.5 Å². The molecule has 1 aromatic heterocycles. The van der Waals surface area contributed by atoms with Crippen LogP contribution in [0.5, 0.6) is 0 Å². The predicted molar refractivity (Wildman–Crippen MR) is 77.5 cm³/mol. The Labute approximate surface area is 120 Å². The molecule has 2 aromatic rings. The molecule has 2 nitrogen and oxygen atoms in total. The van der Waals surface area contributed by atoms with Gasteiger partial charge in [-0.15, -0.1) is 0 Å². The third kappa shape index (κ3) is 3.16. The summed E-state index contributed by atoms with van der Waals surface area (Å²) in [5, 5.41) is 0. The summed E-state index contributed by atoms with van der Waals surface area (Å²) in [6.45, 7) is 1.71. The van der Waals surface area contributed by atoms with Crippen LogP contribution >= 0.6 is 38.5 Å². The van der Waals surface area contributed by atoms with Crippen molar-refractivity contribution in [1.29, 1.82) is 0 Å². The number of aliphatic imine (C=N–C) groups is 1. The fourth-order valence-corrected chi connectivity index (χ4v) is 1.99. The molecule has 0 aliphatic rings. The first-order chi connectivity index (χ1) is 8.06. The highest BCUT2D eigenvalue weighted by Gasteiger charge is 2.03. The first kappa shape index (κ1) is 12.8. The summed E-state index contributed by atoms with van der Waals surface area (Å²) >= 11 is 5.44. The molecule has 1 aromatic carbocycles. The summed E-state index contributed by atoms with van der Waals surface area (Å²) < 4.78 is 20.1. The lowest BCUT2D eigenvalue weighted by Crippen LogP contribution is -1.80. The van der Waals surface area contributed by atoms with Crippen molar-refractivity contribution in [2.75, 3.05) is 0 Å². The van der Waals surface area contributed by atoms with Crippen molar-refractivity contribution in [2.45, 2.75) is 6.92 Å². The van der Waals surface area contributed by atoms with Crippen LogP contribution in [0.25, 0.3) is 0 Å². The van der Waals surface area contributed by atoms with Gasteiger partial charge in [-0.2, -0.15) is 0 Å². The summed E-state index contributed by atoms with van der Waals surface area (Å²) in [5.41, 5.74) is 1.28. The number of benzene rings is 1. The van der Waals surface area contributed by atoms with Gasteiger partial charge in [0.2, 0.25) is 0 Å². The van der Waals surface area contributed by atoms with Crippen molar-refractivity contribution >= 4 is 50.4 Å². The van der Waals surface area contributed by atoms with Gasteiger partial charge < -0.3 is 4.42 Å². The highest BCUT2D eigenvalue weighted by molar-refractivity contribution is 14.1. The second kappa shape index (κ2) is 5.30. The molecule has 0 fully saturated rings. The normalized spacial score (nSPS) is 11.3. The van der Waals surface area contributed by atoms with Gasteiger partial charge in [-0.1, -0.05) is 0 Å². The number of hydrogen-bond donors (Lipinski definition) is 0. The second-order valence-corrected chi connectivity index (χ2v) is 5.30. The van der Waals surface area contributed by atoms with Crippen LogP contribution in [0.15, 0.2) is 38.1 Å². The van der Waals surface area contributed by atoms with Crippen LogP contribution in [0.1, 0.15) is 11.3 Å². The number of hydrogen-bond acceptors (Lipinski definition) is 2. The molecule has 0 saturated heterocycles. The number of nitrogens with zero attached hydrogens (tertiary/aromatic N) is 1. The lowest BCUT2D eigenvalue weighted by molar-refractivity contribution is 0.530. The van der Waals surface area contributed by atoms with Gasteiger partial charge in [0.1, 0.15) is 11.6 Å². The van der Waals surface area contributed by atoms with Crippen molar-refractivity contribution in [2.24, 2.45) is 4.99 Å². The van der Waals surface area contributed by atoms with E-state index < -0.39 is 0 Å². The predicted octanol–water partition coefficient (Wildman–Crippen LogP) is 4.84. The van der Waals surface area contributed by atoms with Crippen LogP contribution in [0.2, 0.25) is 0 Å². The summed E-state index contributed by atoms with van der Waals surface area (Å²) in [4.78, 5) is 4.22. The highest BCUT2D eigenvalue weighted by atomic mass is 127. The smallest absolute Gasteiger partial charge is 0.178 e. The maximum absolute atomic E-state index is 13.0. The molecule has 88 valence electrons. The number of furan rings is 1. The molecule has 0 atom stereocenters. The van der Waals surface area contributed by atoms with Gasteiger partial charge in [-0.3, -0.25) is 4.99 Å². The van der Waals surface area contributed by atoms with E-state index in [1.54, 1.807) is 25.3 Å². The average molecular weight is 408 g/mol. The molecule has 0 radical (unpaired) electrons. The molecule has 17 heavy (non-hydrogen) atoms. The summed E-state index contributed by atoms with van der Waals surface area (Å²) in [6.07, 6.45) is 1.61. The van der Waals surface area contributed by atoms with E-state index in [1.165, 1.54) is 6.07 Å². The summed E-state index contributed by atoms with van der Waals surface area (Å²) in [5.74, 6) is 0.433. The quantitative estimate of drug-likeness (QED) is 0.516. The fraction of sp³-hybridized carbons (Fsp3) is 0.0833. The van der Waals surface area contributed by atoms with E-state index in [0.29, 0.717) is 17.0 Å². The Hall–Kier alpha value is -0.690. The van der Waals surface area contributed by atoms with Crippen molar-refractivity contribution in [3.63, 3.8) is 0 Å². The van der Waals surface area contributed by atoms with E-state index in [-0.39, 0.29) is 5.82 Å². The average Bonchev–Trinajstić information content (AvgIpc) is 2.60. The Morgan fingerprint density at radius 2 is 2.18 bits per heavy atom. The minimum absolute atomic E-state index is 0.223. The molecule has 0 aliphatic carbocycles. The molecule has 1 heterocycles. The highest BCUT2D eigenvalue weighted by Crippen LogP contribution is 2.23. The molecule has 0 aliphatic heterocycles. The van der Waals surface area contributed by atoms with Crippen molar-refractivity contribution < 1.29 is 8.81 Å². The number of rotatable bonds is 2. The Morgan fingerprint density at radius 1 is 1.41 bits per heavy atom. The summed E-state index contributed by atoms with van der Waals surface area (Å²) in [7, 11) is 0. The fourth-order valence-electron chi connectivity index (χ4n) is 1.27. The van der Waals surface area contributed by atoms with Crippen LogP contribution in [-0.4, -0.2) is 6.21 Å². The lowest BCUT2D eigenvalue weighted by atomic mass is 10.2. The molecule has 0 N–H and O–H groups in total. The third-order valence-corrected chi connectivity index (χ3v) is 4.28. The molecule has 0 amide bonds.